The fraction of sp³-hybridized carbons (Fsp3) is 0.143. The van der Waals surface area contributed by atoms with Crippen molar-refractivity contribution in [2.24, 2.45) is 0 Å². The van der Waals surface area contributed by atoms with Gasteiger partial charge in [-0.25, -0.2) is 4.39 Å². The summed E-state index contributed by atoms with van der Waals surface area (Å²) in [5.74, 6) is -0.257. The van der Waals surface area contributed by atoms with Crippen LogP contribution in [0.3, 0.4) is 0 Å². The number of H-pyrrole nitrogens is 1. The largest absolute Gasteiger partial charge is 0.374 e. The van der Waals surface area contributed by atoms with E-state index in [1.54, 1.807) is 6.07 Å². The van der Waals surface area contributed by atoms with Gasteiger partial charge in [-0.2, -0.15) is 9.64 Å². The van der Waals surface area contributed by atoms with E-state index in [-0.39, 0.29) is 11.0 Å². The minimum Gasteiger partial charge on any atom is -0.374 e. The van der Waals surface area contributed by atoms with E-state index < -0.39 is 0 Å². The maximum atomic E-state index is 13.1. The number of hydrogen-bond acceptors (Lipinski definition) is 4. The van der Waals surface area contributed by atoms with Crippen molar-refractivity contribution in [1.82, 2.24) is 9.36 Å². The normalized spacial score (nSPS) is 10.7. The number of halogens is 2. The summed E-state index contributed by atoms with van der Waals surface area (Å²) in [6, 6.07) is 6.72. The Balaban J connectivity index is 1.71. The number of rotatable bonds is 4. The van der Waals surface area contributed by atoms with Crippen LogP contribution in [0.15, 0.2) is 24.4 Å². The predicted octanol–water partition coefficient (Wildman–Crippen LogP) is 3.94. The quantitative estimate of drug-likeness (QED) is 0.765. The van der Waals surface area contributed by atoms with Crippen LogP contribution in [-0.4, -0.2) is 15.9 Å². The van der Waals surface area contributed by atoms with Gasteiger partial charge in [-0.05, 0) is 41.7 Å². The summed E-state index contributed by atoms with van der Waals surface area (Å²) in [5.41, 5.74) is 2.25. The van der Waals surface area contributed by atoms with E-state index in [0.29, 0.717) is 17.1 Å². The Hall–Kier alpha value is -2.10. The van der Waals surface area contributed by atoms with Crippen LogP contribution in [0.1, 0.15) is 11.1 Å². The minimum atomic E-state index is -0.257. The molecule has 21 heavy (non-hydrogen) atoms. The number of fused-ring (bicyclic) bond motifs is 1. The predicted molar refractivity (Wildman–Crippen MR) is 82.3 cm³/mol. The number of benzene rings is 1. The van der Waals surface area contributed by atoms with Gasteiger partial charge < -0.3 is 10.3 Å². The zero-order valence-corrected chi connectivity index (χ0v) is 12.4. The first-order valence-corrected chi connectivity index (χ1v) is 7.39. The minimum absolute atomic E-state index is 0.229. The lowest BCUT2D eigenvalue weighted by atomic mass is 10.1. The summed E-state index contributed by atoms with van der Waals surface area (Å²) in [6.45, 7) is 0.636. The Morgan fingerprint density at radius 1 is 1.48 bits per heavy atom. The summed E-state index contributed by atoms with van der Waals surface area (Å²) < 4.78 is 17.1. The Morgan fingerprint density at radius 3 is 3.14 bits per heavy atom. The molecule has 0 bridgehead atoms. The van der Waals surface area contributed by atoms with Crippen LogP contribution >= 0.6 is 23.1 Å². The molecule has 4 nitrogen and oxygen atoms in total. The number of nitrogens with zero attached hydrogens (tertiary/aromatic N) is 2. The summed E-state index contributed by atoms with van der Waals surface area (Å²) in [5, 5.41) is 14.1. The molecule has 0 amide bonds. The summed E-state index contributed by atoms with van der Waals surface area (Å²) in [4.78, 5) is 3.05. The number of nitrogens with one attached hydrogen (secondary N) is 2. The summed E-state index contributed by atoms with van der Waals surface area (Å²) >= 11 is 6.98. The Morgan fingerprint density at radius 2 is 2.33 bits per heavy atom. The monoisotopic (exact) mass is 320 g/mol. The lowest BCUT2D eigenvalue weighted by Crippen LogP contribution is -2.04. The number of aromatic nitrogens is 2. The van der Waals surface area contributed by atoms with E-state index in [1.807, 2.05) is 12.3 Å². The van der Waals surface area contributed by atoms with E-state index in [2.05, 4.69) is 14.7 Å². The molecule has 106 valence electrons. The molecule has 0 radical (unpaired) electrons. The fourth-order valence-corrected chi connectivity index (χ4v) is 3.12. The first-order chi connectivity index (χ1) is 10.2. The number of anilines is 1. The topological polar surface area (TPSA) is 64.5 Å². The van der Waals surface area contributed by atoms with E-state index in [9.17, 15) is 4.39 Å². The van der Waals surface area contributed by atoms with Gasteiger partial charge in [0.15, 0.2) is 5.15 Å². The number of hydrogen-bond donors (Lipinski definition) is 2. The van der Waals surface area contributed by atoms with E-state index >= 15 is 0 Å². The Bertz CT molecular complexity index is 833. The van der Waals surface area contributed by atoms with Crippen LogP contribution < -0.4 is 5.32 Å². The van der Waals surface area contributed by atoms with E-state index in [4.69, 9.17) is 16.9 Å². The van der Waals surface area contributed by atoms with Crippen molar-refractivity contribution in [3.63, 3.8) is 0 Å². The van der Waals surface area contributed by atoms with Gasteiger partial charge in [0.25, 0.3) is 0 Å². The third kappa shape index (κ3) is 2.71. The molecule has 2 N–H and O–H groups in total. The highest BCUT2D eigenvalue weighted by molar-refractivity contribution is 7.10. The Kier molecular flexibility index (Phi) is 3.78. The second-order valence-electron chi connectivity index (χ2n) is 4.47. The first kappa shape index (κ1) is 13.9. The van der Waals surface area contributed by atoms with Crippen LogP contribution in [0.2, 0.25) is 5.15 Å². The molecular weight excluding hydrogens is 311 g/mol. The fourth-order valence-electron chi connectivity index (χ4n) is 2.16. The second-order valence-corrected chi connectivity index (χ2v) is 5.60. The lowest BCUT2D eigenvalue weighted by Gasteiger charge is -2.03. The van der Waals surface area contributed by atoms with Crippen molar-refractivity contribution in [3.05, 3.63) is 46.5 Å². The maximum absolute atomic E-state index is 13.1. The molecule has 2 aromatic heterocycles. The molecule has 0 aliphatic heterocycles. The summed E-state index contributed by atoms with van der Waals surface area (Å²) in [7, 11) is 0. The highest BCUT2D eigenvalue weighted by atomic mass is 35.5. The number of aromatic amines is 1. The highest BCUT2D eigenvalue weighted by Crippen LogP contribution is 2.27. The molecule has 0 atom stereocenters. The smallest absolute Gasteiger partial charge is 0.162 e. The maximum Gasteiger partial charge on any atom is 0.162 e. The van der Waals surface area contributed by atoms with Crippen molar-refractivity contribution >= 4 is 39.0 Å². The van der Waals surface area contributed by atoms with Gasteiger partial charge >= 0.3 is 0 Å². The van der Waals surface area contributed by atoms with Gasteiger partial charge in [0.05, 0.1) is 0 Å². The zero-order chi connectivity index (χ0) is 14.8. The van der Waals surface area contributed by atoms with Crippen molar-refractivity contribution < 1.29 is 4.39 Å². The molecule has 0 aliphatic rings. The van der Waals surface area contributed by atoms with E-state index in [1.165, 1.54) is 23.7 Å². The van der Waals surface area contributed by atoms with Crippen molar-refractivity contribution in [2.75, 3.05) is 11.9 Å². The third-order valence-electron chi connectivity index (χ3n) is 3.17. The van der Waals surface area contributed by atoms with Gasteiger partial charge in [-0.3, -0.25) is 0 Å². The molecule has 0 spiro atoms. The van der Waals surface area contributed by atoms with Crippen molar-refractivity contribution in [3.8, 4) is 6.07 Å². The molecular formula is C14H10ClFN4S. The second kappa shape index (κ2) is 5.72. The zero-order valence-electron chi connectivity index (χ0n) is 10.8. The molecule has 3 rings (SSSR count). The third-order valence-corrected chi connectivity index (χ3v) is 4.35. The SMILES string of the molecule is N#Cc1c(Cl)nsc1NCCc1c[nH]c2cc(F)ccc12. The molecule has 0 saturated heterocycles. The van der Waals surface area contributed by atoms with Crippen LogP contribution in [0.4, 0.5) is 9.39 Å². The number of nitriles is 1. The molecule has 7 heteroatoms. The van der Waals surface area contributed by atoms with Gasteiger partial charge in [-0.15, -0.1) is 0 Å². The standard InChI is InChI=1S/C14H10ClFN4S/c15-13-11(6-17)14(21-20-13)18-4-3-8-7-19-12-5-9(16)1-2-10(8)12/h1-2,5,7,18-19H,3-4H2. The molecule has 3 aromatic rings. The van der Waals surface area contributed by atoms with Gasteiger partial charge in [0, 0.05) is 23.6 Å². The van der Waals surface area contributed by atoms with Gasteiger partial charge in [0.1, 0.15) is 22.5 Å². The molecule has 1 aromatic carbocycles. The molecule has 0 aliphatic carbocycles. The van der Waals surface area contributed by atoms with Crippen molar-refractivity contribution in [1.29, 1.82) is 5.26 Å². The Labute approximate surface area is 129 Å². The average Bonchev–Trinajstić information content (AvgIpc) is 3.02. The van der Waals surface area contributed by atoms with E-state index in [0.717, 1.165) is 22.9 Å². The molecule has 2 heterocycles. The highest BCUT2D eigenvalue weighted by Gasteiger charge is 2.11. The summed E-state index contributed by atoms with van der Waals surface area (Å²) in [6.07, 6.45) is 2.61. The van der Waals surface area contributed by atoms with Gasteiger partial charge in [0.2, 0.25) is 0 Å². The molecule has 0 saturated carbocycles. The first-order valence-electron chi connectivity index (χ1n) is 6.23. The average molecular weight is 321 g/mol. The lowest BCUT2D eigenvalue weighted by molar-refractivity contribution is 0.629. The van der Waals surface area contributed by atoms with Crippen LogP contribution in [0.25, 0.3) is 10.9 Å². The van der Waals surface area contributed by atoms with Crippen LogP contribution in [-0.2, 0) is 6.42 Å². The molecule has 0 unspecified atom stereocenters. The molecule has 0 fully saturated rings. The van der Waals surface area contributed by atoms with Crippen LogP contribution in [0.5, 0.6) is 0 Å². The van der Waals surface area contributed by atoms with Gasteiger partial charge in [-0.1, -0.05) is 11.6 Å². The van der Waals surface area contributed by atoms with Crippen molar-refractivity contribution in [2.45, 2.75) is 6.42 Å². The van der Waals surface area contributed by atoms with Crippen LogP contribution in [0, 0.1) is 17.1 Å².